The van der Waals surface area contributed by atoms with Crippen LogP contribution in [0.15, 0.2) is 18.2 Å². The molecule has 1 aromatic carbocycles. The number of nitrogens with zero attached hydrogens (tertiary/aromatic N) is 1. The molecule has 0 N–H and O–H groups in total. The van der Waals surface area contributed by atoms with Crippen molar-refractivity contribution in [2.24, 2.45) is 18.9 Å². The van der Waals surface area contributed by atoms with E-state index in [1.807, 2.05) is 12.1 Å². The Balaban J connectivity index is 1.96. The number of fused-ring (bicyclic) bond motifs is 3. The Morgan fingerprint density at radius 3 is 2.84 bits per heavy atom. The number of hydrogen-bond donors (Lipinski definition) is 0. The van der Waals surface area contributed by atoms with Crippen molar-refractivity contribution < 1.29 is 14.3 Å². The summed E-state index contributed by atoms with van der Waals surface area (Å²) in [5.41, 5.74) is 4.70. The zero-order valence-electron chi connectivity index (χ0n) is 15.8. The summed E-state index contributed by atoms with van der Waals surface area (Å²) in [5.74, 6) is 1.13. The van der Waals surface area contributed by atoms with Crippen LogP contribution in [0.1, 0.15) is 47.8 Å². The van der Waals surface area contributed by atoms with Gasteiger partial charge in [0.1, 0.15) is 0 Å². The third-order valence-electron chi connectivity index (χ3n) is 5.96. The van der Waals surface area contributed by atoms with E-state index >= 15 is 0 Å². The van der Waals surface area contributed by atoms with Crippen molar-refractivity contribution in [3.8, 4) is 0 Å². The van der Waals surface area contributed by atoms with Crippen molar-refractivity contribution in [3.63, 3.8) is 0 Å². The van der Waals surface area contributed by atoms with Gasteiger partial charge < -0.3 is 14.0 Å². The van der Waals surface area contributed by atoms with E-state index in [0.717, 1.165) is 25.9 Å². The molecule has 0 fully saturated rings. The maximum atomic E-state index is 11.9. The number of aryl methyl sites for hydroxylation is 1. The normalized spacial score (nSPS) is 18.2. The lowest BCUT2D eigenvalue weighted by molar-refractivity contribution is 0.0601. The molecular weight excluding hydrogens is 314 g/mol. The second-order valence-electron chi connectivity index (χ2n) is 7.16. The number of carbonyl (C=O) groups excluding carboxylic acids is 1. The van der Waals surface area contributed by atoms with Gasteiger partial charge in [-0.2, -0.15) is 0 Å². The molecule has 1 aromatic heterocycles. The van der Waals surface area contributed by atoms with Crippen LogP contribution in [-0.4, -0.2) is 31.4 Å². The summed E-state index contributed by atoms with van der Waals surface area (Å²) in [5, 5.41) is 1.21. The largest absolute Gasteiger partial charge is 0.465 e. The van der Waals surface area contributed by atoms with Crippen LogP contribution in [-0.2, 0) is 29.4 Å². The van der Waals surface area contributed by atoms with Crippen LogP contribution in [0, 0.1) is 11.8 Å². The van der Waals surface area contributed by atoms with Gasteiger partial charge in [-0.05, 0) is 61.3 Å². The maximum absolute atomic E-state index is 11.9. The summed E-state index contributed by atoms with van der Waals surface area (Å²) in [6.07, 6.45) is 5.78. The minimum atomic E-state index is -0.265. The molecule has 0 aliphatic heterocycles. The van der Waals surface area contributed by atoms with Gasteiger partial charge in [-0.25, -0.2) is 4.79 Å². The number of esters is 1. The SMILES string of the molecule is CCC(CCOC)[C@@H]1CCc2c(c3cc(C(=O)OC)ccc3n2C)C1. The third kappa shape index (κ3) is 3.32. The molecular formula is C21H29NO3. The van der Waals surface area contributed by atoms with Crippen LogP contribution >= 0.6 is 0 Å². The Bertz CT molecular complexity index is 762. The zero-order chi connectivity index (χ0) is 18.0. The number of carbonyl (C=O) groups is 1. The molecule has 4 nitrogen and oxygen atoms in total. The summed E-state index contributed by atoms with van der Waals surface area (Å²) in [6, 6.07) is 5.93. The molecule has 136 valence electrons. The predicted molar refractivity (Wildman–Crippen MR) is 100 cm³/mol. The molecule has 0 radical (unpaired) electrons. The van der Waals surface area contributed by atoms with E-state index in [-0.39, 0.29) is 5.97 Å². The first-order valence-corrected chi connectivity index (χ1v) is 9.28. The summed E-state index contributed by atoms with van der Waals surface area (Å²) < 4.78 is 12.5. The molecule has 1 aliphatic rings. The first-order valence-electron chi connectivity index (χ1n) is 9.28. The van der Waals surface area contributed by atoms with Gasteiger partial charge in [0.25, 0.3) is 0 Å². The quantitative estimate of drug-likeness (QED) is 0.740. The Kier molecular flexibility index (Phi) is 5.48. The van der Waals surface area contributed by atoms with E-state index < -0.39 is 0 Å². The predicted octanol–water partition coefficient (Wildman–Crippen LogP) is 4.13. The van der Waals surface area contributed by atoms with Crippen molar-refractivity contribution in [1.29, 1.82) is 0 Å². The monoisotopic (exact) mass is 343 g/mol. The summed E-state index contributed by atoms with van der Waals surface area (Å²) in [6.45, 7) is 3.12. The Morgan fingerprint density at radius 1 is 1.36 bits per heavy atom. The molecule has 0 bridgehead atoms. The van der Waals surface area contributed by atoms with Gasteiger partial charge in [0.2, 0.25) is 0 Å². The molecule has 4 heteroatoms. The third-order valence-corrected chi connectivity index (χ3v) is 5.96. The van der Waals surface area contributed by atoms with Crippen LogP contribution in [0.3, 0.4) is 0 Å². The van der Waals surface area contributed by atoms with Crippen molar-refractivity contribution in [2.75, 3.05) is 20.8 Å². The molecule has 1 aliphatic carbocycles. The van der Waals surface area contributed by atoms with E-state index in [0.29, 0.717) is 17.4 Å². The fourth-order valence-electron chi connectivity index (χ4n) is 4.50. The lowest BCUT2D eigenvalue weighted by Crippen LogP contribution is -2.23. The Morgan fingerprint density at radius 2 is 2.16 bits per heavy atom. The fraction of sp³-hybridized carbons (Fsp3) is 0.571. The standard InChI is InChI=1S/C21H29NO3/c1-5-14(10-11-24-3)15-6-8-19-17(12-15)18-13-16(21(23)25-4)7-9-20(18)22(19)2/h7,9,13-15H,5-6,8,10-12H2,1-4H3/t14?,15-/m1/s1. The van der Waals surface area contributed by atoms with Gasteiger partial charge in [0.15, 0.2) is 0 Å². The van der Waals surface area contributed by atoms with Crippen LogP contribution in [0.25, 0.3) is 10.9 Å². The Labute approximate surface area is 150 Å². The maximum Gasteiger partial charge on any atom is 0.337 e. The lowest BCUT2D eigenvalue weighted by atomic mass is 9.76. The molecule has 1 unspecified atom stereocenters. The molecule has 1 heterocycles. The number of ether oxygens (including phenoxy) is 2. The molecule has 25 heavy (non-hydrogen) atoms. The van der Waals surface area contributed by atoms with Crippen molar-refractivity contribution in [3.05, 3.63) is 35.0 Å². The summed E-state index contributed by atoms with van der Waals surface area (Å²) >= 11 is 0. The van der Waals surface area contributed by atoms with Gasteiger partial charge in [-0.1, -0.05) is 13.3 Å². The lowest BCUT2D eigenvalue weighted by Gasteiger charge is -2.30. The first-order chi connectivity index (χ1) is 12.1. The fourth-order valence-corrected chi connectivity index (χ4v) is 4.50. The highest BCUT2D eigenvalue weighted by Crippen LogP contribution is 2.38. The van der Waals surface area contributed by atoms with Gasteiger partial charge in [-0.15, -0.1) is 0 Å². The Hall–Kier alpha value is -1.81. The molecule has 3 rings (SSSR count). The van der Waals surface area contributed by atoms with Gasteiger partial charge >= 0.3 is 5.97 Å². The van der Waals surface area contributed by atoms with Crippen molar-refractivity contribution in [2.45, 2.75) is 39.0 Å². The van der Waals surface area contributed by atoms with E-state index in [9.17, 15) is 4.79 Å². The highest BCUT2D eigenvalue weighted by atomic mass is 16.5. The summed E-state index contributed by atoms with van der Waals surface area (Å²) in [4.78, 5) is 11.9. The highest BCUT2D eigenvalue weighted by molar-refractivity contribution is 5.96. The second kappa shape index (κ2) is 7.61. The molecule has 0 amide bonds. The number of rotatable bonds is 6. The van der Waals surface area contributed by atoms with Crippen molar-refractivity contribution >= 4 is 16.9 Å². The van der Waals surface area contributed by atoms with E-state index in [4.69, 9.17) is 9.47 Å². The molecule has 2 aromatic rings. The molecule has 0 saturated heterocycles. The first kappa shape index (κ1) is 18.0. The minimum Gasteiger partial charge on any atom is -0.465 e. The van der Waals surface area contributed by atoms with Crippen LogP contribution in [0.2, 0.25) is 0 Å². The second-order valence-corrected chi connectivity index (χ2v) is 7.16. The van der Waals surface area contributed by atoms with Crippen LogP contribution < -0.4 is 0 Å². The smallest absolute Gasteiger partial charge is 0.337 e. The van der Waals surface area contributed by atoms with Crippen LogP contribution in [0.5, 0.6) is 0 Å². The number of benzene rings is 1. The minimum absolute atomic E-state index is 0.265. The number of hydrogen-bond acceptors (Lipinski definition) is 3. The highest BCUT2D eigenvalue weighted by Gasteiger charge is 2.29. The number of aromatic nitrogens is 1. The molecule has 0 saturated carbocycles. The topological polar surface area (TPSA) is 40.5 Å². The van der Waals surface area contributed by atoms with Crippen LogP contribution in [0.4, 0.5) is 0 Å². The number of methoxy groups -OCH3 is 2. The van der Waals surface area contributed by atoms with Gasteiger partial charge in [0.05, 0.1) is 12.7 Å². The van der Waals surface area contributed by atoms with E-state index in [2.05, 4.69) is 24.6 Å². The average Bonchev–Trinajstić information content (AvgIpc) is 2.93. The summed E-state index contributed by atoms with van der Waals surface area (Å²) in [7, 11) is 5.36. The zero-order valence-corrected chi connectivity index (χ0v) is 15.8. The molecule has 2 atom stereocenters. The van der Waals surface area contributed by atoms with Gasteiger partial charge in [0, 0.05) is 37.4 Å². The van der Waals surface area contributed by atoms with Crippen molar-refractivity contribution in [1.82, 2.24) is 4.57 Å². The van der Waals surface area contributed by atoms with E-state index in [1.165, 1.54) is 42.1 Å². The van der Waals surface area contributed by atoms with Gasteiger partial charge in [-0.3, -0.25) is 0 Å². The van der Waals surface area contributed by atoms with E-state index in [1.54, 1.807) is 7.11 Å². The average molecular weight is 343 g/mol. The molecule has 0 spiro atoms.